The third-order valence-electron chi connectivity index (χ3n) is 11.7. The first kappa shape index (κ1) is 59.2. The normalized spacial score (nSPS) is 15.9. The fraction of sp³-hybridized carbons (Fsp3) is 0.591. The number of aliphatic carboxylic acids is 1. The molecule has 26 nitrogen and oxygen atoms in total. The molecule has 1 heterocycles. The number of carboxylic acid groups (broad SMARTS) is 1. The van der Waals surface area contributed by atoms with Crippen molar-refractivity contribution in [3.05, 3.63) is 36.0 Å². The minimum absolute atomic E-state index is 0.0119. The van der Waals surface area contributed by atoms with Crippen LogP contribution in [0.25, 0.3) is 10.9 Å². The zero-order valence-electron chi connectivity index (χ0n) is 40.2. The van der Waals surface area contributed by atoms with E-state index in [0.29, 0.717) is 29.3 Å². The lowest BCUT2D eigenvalue weighted by atomic mass is 9.95. The summed E-state index contributed by atoms with van der Waals surface area (Å²) < 4.78 is 0. The van der Waals surface area contributed by atoms with E-state index in [9.17, 15) is 63.6 Å². The number of quaternary nitrogens is 1. The molecular formula is C44H73N13O13+2. The predicted octanol–water partition coefficient (Wildman–Crippen LogP) is -7.34. The summed E-state index contributed by atoms with van der Waals surface area (Å²) in [7, 11) is 0. The number of guanidine groups is 1. The summed E-state index contributed by atoms with van der Waals surface area (Å²) in [6, 6.07) is -4.75. The van der Waals surface area contributed by atoms with E-state index >= 15 is 0 Å². The summed E-state index contributed by atoms with van der Waals surface area (Å²) in [5.41, 5.74) is 21.2. The Morgan fingerprint density at radius 3 is 1.73 bits per heavy atom. The molecule has 70 heavy (non-hydrogen) atoms. The van der Waals surface area contributed by atoms with E-state index in [1.165, 1.54) is 0 Å². The van der Waals surface area contributed by atoms with Gasteiger partial charge in [0, 0.05) is 29.9 Å². The number of hydrogen-bond donors (Lipinski definition) is 17. The Kier molecular flexibility index (Phi) is 24.7. The highest BCUT2D eigenvalue weighted by Gasteiger charge is 2.37. The van der Waals surface area contributed by atoms with E-state index < -0.39 is 146 Å². The summed E-state index contributed by atoms with van der Waals surface area (Å²) in [6.45, 7) is 6.36. The molecule has 0 fully saturated rings. The maximum atomic E-state index is 14.3. The number of hydrogen-bond acceptors (Lipinski definition) is 12. The average Bonchev–Trinajstić information content (AvgIpc) is 3.73. The Bertz CT molecular complexity index is 2150. The molecule has 0 spiro atoms. The van der Waals surface area contributed by atoms with Gasteiger partial charge in [-0.2, -0.15) is 0 Å². The summed E-state index contributed by atoms with van der Waals surface area (Å²) in [6.07, 6.45) is -0.219. The van der Waals surface area contributed by atoms with E-state index in [1.54, 1.807) is 58.2 Å². The van der Waals surface area contributed by atoms with Gasteiger partial charge >= 0.3 is 11.9 Å². The Morgan fingerprint density at radius 1 is 0.657 bits per heavy atom. The van der Waals surface area contributed by atoms with Crippen molar-refractivity contribution in [2.24, 2.45) is 29.0 Å². The molecule has 2 aromatic rings. The molecule has 2 rings (SSSR count). The molecule has 26 heteroatoms. The molecule has 1 aromatic carbocycles. The number of aromatic nitrogens is 1. The van der Waals surface area contributed by atoms with Gasteiger partial charge in [0.15, 0.2) is 6.04 Å². The Hall–Kier alpha value is -6.90. The topological polar surface area (TPSA) is 454 Å². The summed E-state index contributed by atoms with van der Waals surface area (Å²) in [4.78, 5) is 125. The molecule has 0 radical (unpaired) electrons. The van der Waals surface area contributed by atoms with Crippen LogP contribution in [0.15, 0.2) is 30.5 Å². The first-order valence-electron chi connectivity index (χ1n) is 23.0. The second kappa shape index (κ2) is 29.2. The number of carbonyl (C=O) groups excluding carboxylic acids is 8. The van der Waals surface area contributed by atoms with Crippen molar-refractivity contribution in [3.63, 3.8) is 0 Å². The number of nitrogens with one attached hydrogen (secondary N) is 9. The Morgan fingerprint density at radius 2 is 1.16 bits per heavy atom. The van der Waals surface area contributed by atoms with Crippen LogP contribution in [-0.2, 0) is 49.6 Å². The molecule has 0 saturated heterocycles. The zero-order valence-corrected chi connectivity index (χ0v) is 40.2. The number of H-pyrrole nitrogens is 1. The number of aromatic amines is 1. The van der Waals surface area contributed by atoms with Gasteiger partial charge in [-0.15, -0.1) is 0 Å². The van der Waals surface area contributed by atoms with E-state index in [2.05, 4.69) is 52.9 Å². The van der Waals surface area contributed by atoms with Gasteiger partial charge in [0.05, 0.1) is 19.3 Å². The fourth-order valence-electron chi connectivity index (χ4n) is 7.01. The highest BCUT2D eigenvalue weighted by molar-refractivity contribution is 5.98. The standard InChI is InChI=1S/C44H71N13O13/c1-6-21(3)33(41(67)56-34(43(69)70)22(4)7-2)55-40(66)31(20-59)54-42(68)35(23(5)60)57-38(64)29(14-15-32(46)61)52-39(65)30(17-24-18-50-27-12-9-8-11-25(24)27)53-37(63)28(13-10-16-49-44(47)48)51-36(62)26(45)19-58/h8-9,11-12,18,21-23,26,28-31,33-35,50,58-60H,6-7,10,13-17,19-20,45H2,1-5H3,(H2,46,61)(H,51,62)(H,52,65)(H,53,63)(H,54,68)(H,55,66)(H,56,67)(H,57,64)(H,69,70)(H4,47,48,49)/p+2/t21-,22-,23+,26-,28-,29-,30-,31-,33-,34-,35-/m0/s1. The molecule has 22 N–H and O–H groups in total. The number of rotatable bonds is 31. The summed E-state index contributed by atoms with van der Waals surface area (Å²) >= 11 is 0. The molecule has 0 saturated carbocycles. The second-order valence-corrected chi connectivity index (χ2v) is 17.2. The smallest absolute Gasteiger partial charge is 0.338 e. The number of amides is 8. The van der Waals surface area contributed by atoms with Crippen LogP contribution in [0.1, 0.15) is 78.7 Å². The van der Waals surface area contributed by atoms with Crippen LogP contribution in [-0.4, -0.2) is 159 Å². The van der Waals surface area contributed by atoms with Crippen molar-refractivity contribution < 1.29 is 74.3 Å². The van der Waals surface area contributed by atoms with Crippen LogP contribution in [0.5, 0.6) is 0 Å². The van der Waals surface area contributed by atoms with Crippen molar-refractivity contribution in [3.8, 4) is 0 Å². The number of nitrogens with two attached hydrogens (primary N) is 3. The zero-order chi connectivity index (χ0) is 52.8. The van der Waals surface area contributed by atoms with Crippen molar-refractivity contribution in [2.45, 2.75) is 134 Å². The number of para-hydroxylation sites is 1. The van der Waals surface area contributed by atoms with Crippen LogP contribution in [0, 0.1) is 11.8 Å². The Balaban J connectivity index is 2.45. The lowest BCUT2D eigenvalue weighted by Crippen LogP contribution is -2.78. The highest BCUT2D eigenvalue weighted by atomic mass is 16.4. The monoisotopic (exact) mass is 992 g/mol. The van der Waals surface area contributed by atoms with E-state index in [1.807, 2.05) is 0 Å². The molecule has 0 aliphatic rings. The third-order valence-corrected chi connectivity index (χ3v) is 11.7. The Labute approximate surface area is 404 Å². The van der Waals surface area contributed by atoms with Gasteiger partial charge in [-0.3, -0.25) is 54.8 Å². The largest absolute Gasteiger partial charge is 0.480 e. The lowest BCUT2D eigenvalue weighted by molar-refractivity contribution is -0.459. The number of aliphatic hydroxyl groups excluding tert-OH is 3. The van der Waals surface area contributed by atoms with Gasteiger partial charge in [0.2, 0.25) is 41.4 Å². The van der Waals surface area contributed by atoms with Gasteiger partial charge in [-0.05, 0) is 49.7 Å². The molecular weight excluding hydrogens is 919 g/mol. The quantitative estimate of drug-likeness (QED) is 0.0190. The van der Waals surface area contributed by atoms with Crippen LogP contribution >= 0.6 is 0 Å². The average molecular weight is 992 g/mol. The van der Waals surface area contributed by atoms with Gasteiger partial charge in [0.25, 0.3) is 5.91 Å². The lowest BCUT2D eigenvalue weighted by Gasteiger charge is -2.29. The number of benzene rings is 1. The van der Waals surface area contributed by atoms with Crippen LogP contribution in [0.3, 0.4) is 0 Å². The van der Waals surface area contributed by atoms with Crippen LogP contribution < -0.4 is 65.1 Å². The first-order valence-corrected chi connectivity index (χ1v) is 23.0. The van der Waals surface area contributed by atoms with E-state index in [-0.39, 0.29) is 31.8 Å². The van der Waals surface area contributed by atoms with Gasteiger partial charge in [-0.25, -0.2) is 4.79 Å². The summed E-state index contributed by atoms with van der Waals surface area (Å²) in [5, 5.41) is 57.9. The molecule has 0 aliphatic heterocycles. The highest BCUT2D eigenvalue weighted by Crippen LogP contribution is 2.20. The van der Waals surface area contributed by atoms with Gasteiger partial charge in [-0.1, -0.05) is 58.7 Å². The number of carboxylic acids is 1. The molecule has 0 aliphatic carbocycles. The maximum absolute atomic E-state index is 14.3. The van der Waals surface area contributed by atoms with Crippen molar-refractivity contribution in [2.75, 3.05) is 19.8 Å². The third kappa shape index (κ3) is 18.5. The number of fused-ring (bicyclic) bond motifs is 1. The van der Waals surface area contributed by atoms with Gasteiger partial charge in [0.1, 0.15) is 48.9 Å². The SMILES string of the molecule is CC[C@H](C)[C@H](NC(=O)[C@@H](NC(=O)[C@H](CO)NC(=O)[C@@H](NC(=O)[C@H](CCC(N)=O)NC(=O)[C@H](Cc1c[nH]c2ccccc12)NC(=O)[C@H](CCC[NH+]=C(N)N)NC(=O)[C@@H]([NH3+])CO)[C@@H](C)O)[C@@H](C)CC)C(=O)O. The molecule has 0 unspecified atom stereocenters. The van der Waals surface area contributed by atoms with Crippen LogP contribution in [0.4, 0.5) is 0 Å². The summed E-state index contributed by atoms with van der Waals surface area (Å²) in [5.74, 6) is -10.1. The molecule has 8 amide bonds. The molecule has 1 aromatic heterocycles. The minimum atomic E-state index is -1.87. The van der Waals surface area contributed by atoms with E-state index in [4.69, 9.17) is 17.2 Å². The second-order valence-electron chi connectivity index (χ2n) is 17.2. The number of carbonyl (C=O) groups is 9. The molecule has 390 valence electrons. The van der Waals surface area contributed by atoms with Crippen molar-refractivity contribution in [1.82, 2.24) is 42.2 Å². The number of primary amides is 1. The first-order chi connectivity index (χ1) is 33.0. The number of aliphatic hydroxyl groups is 3. The van der Waals surface area contributed by atoms with Crippen LogP contribution in [0.2, 0.25) is 0 Å². The predicted molar refractivity (Wildman–Crippen MR) is 251 cm³/mol. The van der Waals surface area contributed by atoms with Crippen molar-refractivity contribution in [1.29, 1.82) is 0 Å². The van der Waals surface area contributed by atoms with Crippen molar-refractivity contribution >= 4 is 70.1 Å². The minimum Gasteiger partial charge on any atom is -0.480 e. The maximum Gasteiger partial charge on any atom is 0.338 e. The molecule has 11 atom stereocenters. The van der Waals surface area contributed by atoms with Gasteiger partial charge < -0.3 is 74.1 Å². The molecule has 0 bridgehead atoms. The van der Waals surface area contributed by atoms with E-state index in [0.717, 1.165) is 6.92 Å². The fourth-order valence-corrected chi connectivity index (χ4v) is 7.01.